The third kappa shape index (κ3) is 5.01. The van der Waals surface area contributed by atoms with E-state index >= 15 is 0 Å². The van der Waals surface area contributed by atoms with Gasteiger partial charge in [0.1, 0.15) is 7.11 Å². The predicted molar refractivity (Wildman–Crippen MR) is 38.8 cm³/mol. The maximum absolute atomic E-state index is 10.6. The molecule has 0 spiro atoms. The van der Waals surface area contributed by atoms with Gasteiger partial charge >= 0.3 is 6.09 Å². The first kappa shape index (κ1) is 9.54. The van der Waals surface area contributed by atoms with Gasteiger partial charge in [-0.1, -0.05) is 0 Å². The van der Waals surface area contributed by atoms with Gasteiger partial charge in [0.2, 0.25) is 5.96 Å². The SMILES string of the molecule is CCOC(=O)NC(N)=NOC. The highest BCUT2D eigenvalue weighted by Crippen LogP contribution is 1.75. The number of alkyl carbamates (subject to hydrolysis) is 1. The van der Waals surface area contributed by atoms with Crippen LogP contribution < -0.4 is 11.1 Å². The van der Waals surface area contributed by atoms with E-state index < -0.39 is 6.09 Å². The molecule has 3 N–H and O–H groups in total. The number of nitrogens with one attached hydrogen (secondary N) is 1. The Labute approximate surface area is 64.3 Å². The molecule has 0 unspecified atom stereocenters. The van der Waals surface area contributed by atoms with Gasteiger partial charge in [-0.3, -0.25) is 5.32 Å². The molecule has 0 bridgehead atoms. The van der Waals surface area contributed by atoms with Crippen LogP contribution in [0.3, 0.4) is 0 Å². The van der Waals surface area contributed by atoms with E-state index in [9.17, 15) is 4.79 Å². The van der Waals surface area contributed by atoms with Crippen molar-refractivity contribution in [1.82, 2.24) is 5.32 Å². The average molecular weight is 161 g/mol. The maximum atomic E-state index is 10.6. The minimum absolute atomic E-state index is 0.133. The van der Waals surface area contributed by atoms with Crippen LogP contribution >= 0.6 is 0 Å². The van der Waals surface area contributed by atoms with Gasteiger partial charge in [-0.25, -0.2) is 4.79 Å². The highest BCUT2D eigenvalue weighted by molar-refractivity contribution is 5.92. The zero-order chi connectivity index (χ0) is 8.69. The van der Waals surface area contributed by atoms with Crippen molar-refractivity contribution in [2.45, 2.75) is 6.92 Å². The molecule has 6 nitrogen and oxygen atoms in total. The van der Waals surface area contributed by atoms with Crippen LogP contribution in [0.1, 0.15) is 6.92 Å². The number of hydrogen-bond acceptors (Lipinski definition) is 4. The lowest BCUT2D eigenvalue weighted by atomic mass is 10.8. The van der Waals surface area contributed by atoms with Crippen molar-refractivity contribution in [2.75, 3.05) is 13.7 Å². The summed E-state index contributed by atoms with van der Waals surface area (Å²) >= 11 is 0. The Morgan fingerprint density at radius 3 is 2.82 bits per heavy atom. The molecule has 0 aromatic heterocycles. The Bertz CT molecular complexity index is 157. The molecule has 0 radical (unpaired) electrons. The van der Waals surface area contributed by atoms with Gasteiger partial charge in [-0.15, -0.1) is 0 Å². The number of ether oxygens (including phenoxy) is 1. The first-order valence-corrected chi connectivity index (χ1v) is 3.01. The second kappa shape index (κ2) is 5.33. The molecule has 1 amide bonds. The van der Waals surface area contributed by atoms with E-state index in [4.69, 9.17) is 5.73 Å². The second-order valence-electron chi connectivity index (χ2n) is 1.50. The lowest BCUT2D eigenvalue weighted by Crippen LogP contribution is -2.37. The lowest BCUT2D eigenvalue weighted by molar-refractivity contribution is 0.156. The summed E-state index contributed by atoms with van der Waals surface area (Å²) in [5.74, 6) is -0.133. The van der Waals surface area contributed by atoms with Crippen molar-refractivity contribution < 1.29 is 14.4 Å². The van der Waals surface area contributed by atoms with Crippen molar-refractivity contribution in [3.05, 3.63) is 0 Å². The zero-order valence-electron chi connectivity index (χ0n) is 6.46. The summed E-state index contributed by atoms with van der Waals surface area (Å²) in [5, 5.41) is 5.35. The van der Waals surface area contributed by atoms with Gasteiger partial charge in [0, 0.05) is 0 Å². The van der Waals surface area contributed by atoms with Crippen LogP contribution in [0, 0.1) is 0 Å². The molecule has 0 fully saturated rings. The third-order valence-corrected chi connectivity index (χ3v) is 0.695. The summed E-state index contributed by atoms with van der Waals surface area (Å²) in [6.45, 7) is 1.97. The van der Waals surface area contributed by atoms with E-state index in [1.54, 1.807) is 6.92 Å². The number of carbonyl (C=O) groups is 1. The molecular weight excluding hydrogens is 150 g/mol. The number of oxime groups is 1. The van der Waals surface area contributed by atoms with Gasteiger partial charge in [0.05, 0.1) is 6.61 Å². The molecule has 0 rings (SSSR count). The molecular formula is C5H11N3O3. The highest BCUT2D eigenvalue weighted by atomic mass is 16.6. The van der Waals surface area contributed by atoms with Crippen LogP contribution in [-0.4, -0.2) is 25.8 Å². The normalized spacial score (nSPS) is 10.5. The molecule has 0 aromatic rings. The van der Waals surface area contributed by atoms with Gasteiger partial charge in [0.15, 0.2) is 0 Å². The van der Waals surface area contributed by atoms with Gasteiger partial charge in [-0.2, -0.15) is 0 Å². The molecule has 0 aliphatic carbocycles. The van der Waals surface area contributed by atoms with Gasteiger partial charge < -0.3 is 15.3 Å². The number of nitrogens with zero attached hydrogens (tertiary/aromatic N) is 1. The van der Waals surface area contributed by atoms with Crippen molar-refractivity contribution in [1.29, 1.82) is 0 Å². The Morgan fingerprint density at radius 1 is 1.73 bits per heavy atom. The van der Waals surface area contributed by atoms with Crippen LogP contribution in [0.25, 0.3) is 0 Å². The summed E-state index contributed by atoms with van der Waals surface area (Å²) in [4.78, 5) is 14.9. The first-order valence-electron chi connectivity index (χ1n) is 3.01. The van der Waals surface area contributed by atoms with E-state index in [0.29, 0.717) is 0 Å². The summed E-state index contributed by atoms with van der Waals surface area (Å²) in [6, 6.07) is 0. The Hall–Kier alpha value is -1.46. The molecule has 64 valence electrons. The van der Waals surface area contributed by atoms with E-state index in [1.165, 1.54) is 7.11 Å². The number of carbonyl (C=O) groups excluding carboxylic acids is 1. The fraction of sp³-hybridized carbons (Fsp3) is 0.600. The van der Waals surface area contributed by atoms with Crippen LogP contribution in [0.15, 0.2) is 5.16 Å². The predicted octanol–water partition coefficient (Wildman–Crippen LogP) is -0.391. The molecule has 11 heavy (non-hydrogen) atoms. The summed E-state index contributed by atoms with van der Waals surface area (Å²) < 4.78 is 4.49. The van der Waals surface area contributed by atoms with Gasteiger partial charge in [0.25, 0.3) is 0 Å². The molecule has 6 heteroatoms. The topological polar surface area (TPSA) is 85.9 Å². The second-order valence-corrected chi connectivity index (χ2v) is 1.50. The van der Waals surface area contributed by atoms with E-state index in [1.807, 2.05) is 0 Å². The van der Waals surface area contributed by atoms with E-state index in [2.05, 4.69) is 20.0 Å². The minimum Gasteiger partial charge on any atom is -0.450 e. The van der Waals surface area contributed by atoms with E-state index in [0.717, 1.165) is 0 Å². The van der Waals surface area contributed by atoms with Crippen molar-refractivity contribution in [3.63, 3.8) is 0 Å². The Kier molecular flexibility index (Phi) is 4.63. The number of guanidine groups is 1. The molecule has 0 aliphatic rings. The molecule has 0 saturated heterocycles. The standard InChI is InChI=1S/C5H11N3O3/c1-3-11-5(9)7-4(6)8-10-2/h3H2,1-2H3,(H3,6,7,8,9). The molecule has 0 saturated carbocycles. The largest absolute Gasteiger partial charge is 0.450 e. The minimum atomic E-state index is -0.647. The first-order chi connectivity index (χ1) is 5.20. The van der Waals surface area contributed by atoms with Gasteiger partial charge in [-0.05, 0) is 12.1 Å². The summed E-state index contributed by atoms with van der Waals surface area (Å²) in [6.07, 6.45) is -0.647. The summed E-state index contributed by atoms with van der Waals surface area (Å²) in [7, 11) is 1.32. The fourth-order valence-corrected chi connectivity index (χ4v) is 0.393. The van der Waals surface area contributed by atoms with Crippen molar-refractivity contribution >= 4 is 12.1 Å². The Balaban J connectivity index is 3.66. The summed E-state index contributed by atoms with van der Waals surface area (Å²) in [5.41, 5.74) is 5.13. The smallest absolute Gasteiger partial charge is 0.414 e. The lowest BCUT2D eigenvalue weighted by Gasteiger charge is -2.01. The quantitative estimate of drug-likeness (QED) is 0.328. The van der Waals surface area contributed by atoms with Crippen LogP contribution in [0.4, 0.5) is 4.79 Å². The third-order valence-electron chi connectivity index (χ3n) is 0.695. The number of nitrogens with two attached hydrogens (primary N) is 1. The Morgan fingerprint density at radius 2 is 2.36 bits per heavy atom. The monoisotopic (exact) mass is 161 g/mol. The molecule has 0 aliphatic heterocycles. The van der Waals surface area contributed by atoms with E-state index in [-0.39, 0.29) is 12.6 Å². The van der Waals surface area contributed by atoms with Crippen LogP contribution in [0.5, 0.6) is 0 Å². The molecule has 0 atom stereocenters. The van der Waals surface area contributed by atoms with Crippen molar-refractivity contribution in [2.24, 2.45) is 10.9 Å². The number of rotatable bonds is 2. The highest BCUT2D eigenvalue weighted by Gasteiger charge is 2.01. The number of amides is 1. The zero-order valence-corrected chi connectivity index (χ0v) is 6.46. The average Bonchev–Trinajstić information content (AvgIpc) is 1.87. The molecule has 0 aromatic carbocycles. The maximum Gasteiger partial charge on any atom is 0.414 e. The number of hydrogen-bond donors (Lipinski definition) is 2. The van der Waals surface area contributed by atoms with Crippen LogP contribution in [0.2, 0.25) is 0 Å². The molecule has 0 heterocycles. The van der Waals surface area contributed by atoms with Crippen LogP contribution in [-0.2, 0) is 9.57 Å². The fourth-order valence-electron chi connectivity index (χ4n) is 0.393. The van der Waals surface area contributed by atoms with Crippen molar-refractivity contribution in [3.8, 4) is 0 Å².